The molecule has 7 nitrogen and oxygen atoms in total. The second kappa shape index (κ2) is 2.85. The minimum Gasteiger partial charge on any atom is -0.381 e. The van der Waals surface area contributed by atoms with E-state index < -0.39 is 0 Å². The lowest BCUT2D eigenvalue weighted by atomic mass is 10.3. The summed E-state index contributed by atoms with van der Waals surface area (Å²) in [6.45, 7) is 2.23. The van der Waals surface area contributed by atoms with Crippen LogP contribution in [-0.2, 0) is 6.54 Å². The van der Waals surface area contributed by atoms with Gasteiger partial charge in [-0.15, -0.1) is 5.10 Å². The standard InChI is InChI=1S/C6H8N6O/c1-4-5(11-13-10-4)3-12-8-2-6(7)9-12/h2H,3H2,1H3,(H2,7,9). The quantitative estimate of drug-likeness (QED) is 0.675. The molecule has 2 aromatic rings. The largest absolute Gasteiger partial charge is 0.381 e. The number of anilines is 1. The van der Waals surface area contributed by atoms with Gasteiger partial charge in [-0.1, -0.05) is 10.3 Å². The second-order valence-electron chi connectivity index (χ2n) is 2.60. The van der Waals surface area contributed by atoms with Crippen LogP contribution >= 0.6 is 0 Å². The summed E-state index contributed by atoms with van der Waals surface area (Å²) < 4.78 is 4.52. The molecule has 0 saturated carbocycles. The van der Waals surface area contributed by atoms with Crippen molar-refractivity contribution in [1.29, 1.82) is 0 Å². The van der Waals surface area contributed by atoms with Gasteiger partial charge in [-0.2, -0.15) is 9.90 Å². The van der Waals surface area contributed by atoms with Gasteiger partial charge < -0.3 is 5.73 Å². The topological polar surface area (TPSA) is 95.7 Å². The number of nitrogen functional groups attached to an aromatic ring is 1. The Bertz CT molecular complexity index is 405. The third kappa shape index (κ3) is 1.48. The maximum absolute atomic E-state index is 5.39. The van der Waals surface area contributed by atoms with E-state index in [0.717, 1.165) is 5.69 Å². The Morgan fingerprint density at radius 2 is 2.38 bits per heavy atom. The van der Waals surface area contributed by atoms with Crippen molar-refractivity contribution in [3.8, 4) is 0 Å². The predicted molar refractivity (Wildman–Crippen MR) is 42.6 cm³/mol. The highest BCUT2D eigenvalue weighted by Gasteiger charge is 2.06. The Hall–Kier alpha value is -1.92. The van der Waals surface area contributed by atoms with Gasteiger partial charge in [0.25, 0.3) is 0 Å². The van der Waals surface area contributed by atoms with E-state index in [1.54, 1.807) is 6.92 Å². The van der Waals surface area contributed by atoms with Gasteiger partial charge in [0, 0.05) is 0 Å². The molecule has 0 aromatic carbocycles. The van der Waals surface area contributed by atoms with E-state index in [1.807, 2.05) is 0 Å². The summed E-state index contributed by atoms with van der Waals surface area (Å²) in [6.07, 6.45) is 1.48. The molecule has 0 saturated heterocycles. The van der Waals surface area contributed by atoms with Gasteiger partial charge in [0.15, 0.2) is 5.82 Å². The van der Waals surface area contributed by atoms with Gasteiger partial charge in [-0.25, -0.2) is 4.63 Å². The molecule has 0 unspecified atom stereocenters. The maximum atomic E-state index is 5.39. The van der Waals surface area contributed by atoms with Gasteiger partial charge in [0.05, 0.1) is 6.20 Å². The smallest absolute Gasteiger partial charge is 0.165 e. The van der Waals surface area contributed by atoms with Crippen molar-refractivity contribution >= 4 is 5.82 Å². The van der Waals surface area contributed by atoms with Crippen molar-refractivity contribution in [1.82, 2.24) is 25.3 Å². The number of aromatic nitrogens is 5. The lowest BCUT2D eigenvalue weighted by molar-refractivity contribution is 0.299. The fourth-order valence-electron chi connectivity index (χ4n) is 0.914. The molecule has 0 fully saturated rings. The first kappa shape index (κ1) is 7.71. The fraction of sp³-hybridized carbons (Fsp3) is 0.333. The first-order valence-corrected chi connectivity index (χ1v) is 3.69. The molecule has 0 radical (unpaired) electrons. The molecule has 7 heteroatoms. The normalized spacial score (nSPS) is 10.5. The third-order valence-electron chi connectivity index (χ3n) is 1.59. The molecular weight excluding hydrogens is 172 g/mol. The number of hydrogen-bond donors (Lipinski definition) is 1. The summed E-state index contributed by atoms with van der Waals surface area (Å²) in [7, 11) is 0. The zero-order chi connectivity index (χ0) is 9.26. The monoisotopic (exact) mass is 180 g/mol. The molecule has 0 spiro atoms. The average Bonchev–Trinajstić information content (AvgIpc) is 2.64. The Kier molecular flexibility index (Phi) is 1.69. The SMILES string of the molecule is Cc1nonc1Cn1ncc(N)n1. The lowest BCUT2D eigenvalue weighted by Gasteiger charge is -1.93. The van der Waals surface area contributed by atoms with E-state index in [4.69, 9.17) is 5.73 Å². The molecule has 0 bridgehead atoms. The van der Waals surface area contributed by atoms with Crippen LogP contribution in [0.3, 0.4) is 0 Å². The van der Waals surface area contributed by atoms with Crippen molar-refractivity contribution in [3.05, 3.63) is 17.6 Å². The second-order valence-corrected chi connectivity index (χ2v) is 2.60. The van der Waals surface area contributed by atoms with Crippen molar-refractivity contribution in [3.63, 3.8) is 0 Å². The Morgan fingerprint density at radius 1 is 1.54 bits per heavy atom. The molecule has 0 aliphatic heterocycles. The van der Waals surface area contributed by atoms with Crippen molar-refractivity contribution < 1.29 is 4.63 Å². The Morgan fingerprint density at radius 3 is 2.92 bits per heavy atom. The van der Waals surface area contributed by atoms with Crippen LogP contribution in [0, 0.1) is 6.92 Å². The number of aryl methyl sites for hydroxylation is 1. The van der Waals surface area contributed by atoms with Crippen LogP contribution < -0.4 is 5.73 Å². The Labute approximate surface area is 73.5 Å². The molecule has 2 N–H and O–H groups in total. The molecule has 68 valence electrons. The number of hydrogen-bond acceptors (Lipinski definition) is 6. The predicted octanol–water partition coefficient (Wildman–Crippen LogP) is -0.400. The highest BCUT2D eigenvalue weighted by atomic mass is 16.6. The van der Waals surface area contributed by atoms with Crippen molar-refractivity contribution in [2.45, 2.75) is 13.5 Å². The highest BCUT2D eigenvalue weighted by Crippen LogP contribution is 2.02. The molecule has 0 atom stereocenters. The van der Waals surface area contributed by atoms with Gasteiger partial charge >= 0.3 is 0 Å². The van der Waals surface area contributed by atoms with Gasteiger partial charge in [-0.3, -0.25) is 0 Å². The molecule has 0 aliphatic rings. The van der Waals surface area contributed by atoms with E-state index in [0.29, 0.717) is 18.1 Å². The van der Waals surface area contributed by atoms with Crippen LogP contribution in [0.2, 0.25) is 0 Å². The van der Waals surface area contributed by atoms with Gasteiger partial charge in [0.2, 0.25) is 0 Å². The number of nitrogens with zero attached hydrogens (tertiary/aromatic N) is 5. The summed E-state index contributed by atoms with van der Waals surface area (Å²) in [6, 6.07) is 0. The minimum atomic E-state index is 0.383. The van der Waals surface area contributed by atoms with Gasteiger partial charge in [0.1, 0.15) is 17.9 Å². The van der Waals surface area contributed by atoms with Crippen LogP contribution in [0.25, 0.3) is 0 Å². The van der Waals surface area contributed by atoms with E-state index in [1.165, 1.54) is 11.0 Å². The summed E-state index contributed by atoms with van der Waals surface area (Å²) in [4.78, 5) is 1.43. The van der Waals surface area contributed by atoms with E-state index in [9.17, 15) is 0 Å². The molecule has 0 aliphatic carbocycles. The summed E-state index contributed by atoms with van der Waals surface area (Å²) in [5.74, 6) is 0.383. The number of rotatable bonds is 2. The van der Waals surface area contributed by atoms with Crippen molar-refractivity contribution in [2.75, 3.05) is 5.73 Å². The van der Waals surface area contributed by atoms with Crippen LogP contribution in [0.1, 0.15) is 11.4 Å². The van der Waals surface area contributed by atoms with E-state index >= 15 is 0 Å². The van der Waals surface area contributed by atoms with Crippen LogP contribution in [0.15, 0.2) is 10.8 Å². The van der Waals surface area contributed by atoms with E-state index in [2.05, 4.69) is 25.1 Å². The molecule has 13 heavy (non-hydrogen) atoms. The average molecular weight is 180 g/mol. The molecule has 2 heterocycles. The van der Waals surface area contributed by atoms with Crippen LogP contribution in [-0.4, -0.2) is 25.3 Å². The van der Waals surface area contributed by atoms with Gasteiger partial charge in [-0.05, 0) is 6.92 Å². The maximum Gasteiger partial charge on any atom is 0.165 e. The highest BCUT2D eigenvalue weighted by molar-refractivity contribution is 5.19. The molecule has 0 amide bonds. The third-order valence-corrected chi connectivity index (χ3v) is 1.59. The van der Waals surface area contributed by atoms with Crippen LogP contribution in [0.4, 0.5) is 5.82 Å². The van der Waals surface area contributed by atoms with Crippen LogP contribution in [0.5, 0.6) is 0 Å². The Balaban J connectivity index is 2.19. The summed E-state index contributed by atoms with van der Waals surface area (Å²) in [5.41, 5.74) is 6.83. The summed E-state index contributed by atoms with van der Waals surface area (Å²) >= 11 is 0. The number of nitrogens with two attached hydrogens (primary N) is 1. The molecule has 2 aromatic heterocycles. The zero-order valence-electron chi connectivity index (χ0n) is 7.01. The summed E-state index contributed by atoms with van der Waals surface area (Å²) in [5, 5.41) is 15.1. The zero-order valence-corrected chi connectivity index (χ0v) is 7.01. The lowest BCUT2D eigenvalue weighted by Crippen LogP contribution is -2.05. The van der Waals surface area contributed by atoms with E-state index in [-0.39, 0.29) is 0 Å². The van der Waals surface area contributed by atoms with Crippen molar-refractivity contribution in [2.24, 2.45) is 0 Å². The molecular formula is C6H8N6O. The molecule has 2 rings (SSSR count). The minimum absolute atomic E-state index is 0.383. The fourth-order valence-corrected chi connectivity index (χ4v) is 0.914. The first-order chi connectivity index (χ1) is 6.25. The first-order valence-electron chi connectivity index (χ1n) is 3.69.